The van der Waals surface area contributed by atoms with E-state index in [0.29, 0.717) is 6.54 Å². The maximum atomic E-state index is 11.8. The van der Waals surface area contributed by atoms with Crippen molar-refractivity contribution in [2.24, 2.45) is 0 Å². The summed E-state index contributed by atoms with van der Waals surface area (Å²) in [6, 6.07) is 9.51. The number of likely N-dealkylation sites (N-methyl/N-ethyl adjacent to an activating group) is 1. The Morgan fingerprint density at radius 1 is 1.29 bits per heavy atom. The maximum absolute atomic E-state index is 11.8. The third kappa shape index (κ3) is 2.79. The molecule has 0 bridgehead atoms. The fourth-order valence-electron chi connectivity index (χ4n) is 2.36. The van der Waals surface area contributed by atoms with Crippen molar-refractivity contribution in [2.75, 3.05) is 12.4 Å². The highest BCUT2D eigenvalue weighted by atomic mass is 16.2. The van der Waals surface area contributed by atoms with Crippen LogP contribution in [-0.2, 0) is 16.1 Å². The first-order valence-corrected chi connectivity index (χ1v) is 6.77. The molecule has 1 saturated heterocycles. The molecule has 2 aromatic rings. The molecule has 3 rings (SSSR count). The van der Waals surface area contributed by atoms with Gasteiger partial charge in [-0.15, -0.1) is 0 Å². The van der Waals surface area contributed by atoms with Crippen molar-refractivity contribution >= 4 is 17.5 Å². The number of likely N-dealkylation sites (tertiary alicyclic amines) is 1. The maximum Gasteiger partial charge on any atom is 0.251 e. The summed E-state index contributed by atoms with van der Waals surface area (Å²) in [7, 11) is 1.51. The lowest BCUT2D eigenvalue weighted by Gasteiger charge is -2.10. The summed E-state index contributed by atoms with van der Waals surface area (Å²) < 4.78 is 1.79. The van der Waals surface area contributed by atoms with Gasteiger partial charge in [-0.3, -0.25) is 19.2 Å². The van der Waals surface area contributed by atoms with Crippen LogP contribution in [-0.4, -0.2) is 39.6 Å². The van der Waals surface area contributed by atoms with Crippen LogP contribution >= 0.6 is 0 Å². The number of anilines is 1. The predicted molar refractivity (Wildman–Crippen MR) is 77.6 cm³/mol. The van der Waals surface area contributed by atoms with Crippen LogP contribution in [0.3, 0.4) is 0 Å². The van der Waals surface area contributed by atoms with E-state index in [4.69, 9.17) is 0 Å². The molecule has 0 spiro atoms. The minimum Gasteiger partial charge on any atom is -0.371 e. The first kappa shape index (κ1) is 13.4. The Balaban J connectivity index is 1.66. The first-order chi connectivity index (χ1) is 10.1. The molecular weight excluding hydrogens is 268 g/mol. The molecule has 1 aliphatic heterocycles. The Morgan fingerprint density at radius 3 is 2.71 bits per heavy atom. The second-order valence-corrected chi connectivity index (χ2v) is 5.10. The zero-order valence-electron chi connectivity index (χ0n) is 11.7. The minimum atomic E-state index is -0.489. The molecule has 1 fully saturated rings. The lowest BCUT2D eigenvalue weighted by molar-refractivity contribution is -0.136. The molecule has 0 saturated carbocycles. The van der Waals surface area contributed by atoms with Gasteiger partial charge in [0.1, 0.15) is 6.04 Å². The Morgan fingerprint density at radius 2 is 2.05 bits per heavy atom. The number of hydrogen-bond acceptors (Lipinski definition) is 4. The molecule has 2 amide bonds. The smallest absolute Gasteiger partial charge is 0.251 e. The van der Waals surface area contributed by atoms with E-state index in [-0.39, 0.29) is 18.2 Å². The van der Waals surface area contributed by atoms with Crippen LogP contribution in [0, 0.1) is 0 Å². The van der Waals surface area contributed by atoms with Crippen LogP contribution in [0.1, 0.15) is 12.0 Å². The van der Waals surface area contributed by atoms with Crippen LogP contribution in [0.15, 0.2) is 42.7 Å². The molecule has 0 aliphatic carbocycles. The second kappa shape index (κ2) is 5.40. The number of aromatic nitrogens is 2. The average Bonchev–Trinajstić information content (AvgIpc) is 3.01. The Bertz CT molecular complexity index is 665. The molecule has 6 heteroatoms. The Hall–Kier alpha value is -2.63. The number of carbonyl (C=O) groups excluding carboxylic acids is 2. The predicted octanol–water partition coefficient (Wildman–Crippen LogP) is 1.10. The van der Waals surface area contributed by atoms with Gasteiger partial charge in [-0.1, -0.05) is 30.3 Å². The molecule has 2 heterocycles. The number of carbonyl (C=O) groups is 2. The highest BCUT2D eigenvalue weighted by Crippen LogP contribution is 2.17. The molecule has 1 unspecified atom stereocenters. The van der Waals surface area contributed by atoms with Crippen LogP contribution in [0.25, 0.3) is 0 Å². The van der Waals surface area contributed by atoms with Crippen LogP contribution in [0.2, 0.25) is 0 Å². The fourth-order valence-corrected chi connectivity index (χ4v) is 2.36. The SMILES string of the molecule is CN1C(=O)CC(Nc2cnn(Cc3ccccc3)c2)C1=O. The summed E-state index contributed by atoms with van der Waals surface area (Å²) in [6.07, 6.45) is 3.70. The van der Waals surface area contributed by atoms with E-state index >= 15 is 0 Å². The number of amides is 2. The third-order valence-corrected chi connectivity index (χ3v) is 3.54. The summed E-state index contributed by atoms with van der Waals surface area (Å²) in [5.74, 6) is -0.356. The van der Waals surface area contributed by atoms with Crippen molar-refractivity contribution in [2.45, 2.75) is 19.0 Å². The number of benzene rings is 1. The van der Waals surface area contributed by atoms with Gasteiger partial charge >= 0.3 is 0 Å². The standard InChI is InChI=1S/C15H16N4O2/c1-18-14(20)7-13(15(18)21)17-12-8-16-19(10-12)9-11-5-3-2-4-6-11/h2-6,8,10,13,17H,7,9H2,1H3. The second-order valence-electron chi connectivity index (χ2n) is 5.10. The van der Waals surface area contributed by atoms with Crippen LogP contribution in [0.4, 0.5) is 5.69 Å². The molecule has 1 aromatic carbocycles. The molecule has 1 N–H and O–H groups in total. The summed E-state index contributed by atoms with van der Waals surface area (Å²) in [5.41, 5.74) is 1.89. The van der Waals surface area contributed by atoms with Gasteiger partial charge in [-0.25, -0.2) is 0 Å². The Kier molecular flexibility index (Phi) is 3.43. The van der Waals surface area contributed by atoms with E-state index < -0.39 is 6.04 Å². The first-order valence-electron chi connectivity index (χ1n) is 6.77. The van der Waals surface area contributed by atoms with Crippen molar-refractivity contribution < 1.29 is 9.59 Å². The molecule has 108 valence electrons. The summed E-state index contributed by atoms with van der Waals surface area (Å²) in [4.78, 5) is 24.5. The van der Waals surface area contributed by atoms with Gasteiger partial charge < -0.3 is 5.32 Å². The van der Waals surface area contributed by atoms with Gasteiger partial charge in [0, 0.05) is 13.2 Å². The molecule has 21 heavy (non-hydrogen) atoms. The Labute approximate surface area is 122 Å². The van der Waals surface area contributed by atoms with E-state index in [1.54, 1.807) is 10.9 Å². The zero-order valence-corrected chi connectivity index (χ0v) is 11.7. The van der Waals surface area contributed by atoms with Gasteiger partial charge in [-0.2, -0.15) is 5.10 Å². The van der Waals surface area contributed by atoms with Crippen LogP contribution < -0.4 is 5.32 Å². The molecule has 1 atom stereocenters. The highest BCUT2D eigenvalue weighted by Gasteiger charge is 2.36. The van der Waals surface area contributed by atoms with Crippen molar-refractivity contribution in [3.05, 3.63) is 48.3 Å². The van der Waals surface area contributed by atoms with Gasteiger partial charge in [0.15, 0.2) is 0 Å². The average molecular weight is 284 g/mol. The molecule has 1 aliphatic rings. The lowest BCUT2D eigenvalue weighted by atomic mass is 10.2. The summed E-state index contributed by atoms with van der Waals surface area (Å²) in [6.45, 7) is 0.667. The summed E-state index contributed by atoms with van der Waals surface area (Å²) in [5, 5.41) is 7.32. The van der Waals surface area contributed by atoms with E-state index in [9.17, 15) is 9.59 Å². The monoisotopic (exact) mass is 284 g/mol. The number of nitrogens with one attached hydrogen (secondary N) is 1. The number of nitrogens with zero attached hydrogens (tertiary/aromatic N) is 3. The minimum absolute atomic E-state index is 0.158. The van der Waals surface area contributed by atoms with Crippen LogP contribution in [0.5, 0.6) is 0 Å². The van der Waals surface area contributed by atoms with E-state index in [1.807, 2.05) is 36.5 Å². The normalized spacial score (nSPS) is 18.3. The van der Waals surface area contributed by atoms with Crippen molar-refractivity contribution in [1.82, 2.24) is 14.7 Å². The van der Waals surface area contributed by atoms with E-state index in [1.165, 1.54) is 7.05 Å². The number of imide groups is 1. The molecule has 6 nitrogen and oxygen atoms in total. The largest absolute Gasteiger partial charge is 0.371 e. The van der Waals surface area contributed by atoms with Crippen molar-refractivity contribution in [3.8, 4) is 0 Å². The van der Waals surface area contributed by atoms with Crippen molar-refractivity contribution in [1.29, 1.82) is 0 Å². The number of hydrogen-bond donors (Lipinski definition) is 1. The summed E-state index contributed by atoms with van der Waals surface area (Å²) >= 11 is 0. The van der Waals surface area contributed by atoms with Gasteiger partial charge in [0.2, 0.25) is 5.91 Å². The lowest BCUT2D eigenvalue weighted by Crippen LogP contribution is -2.31. The van der Waals surface area contributed by atoms with E-state index in [2.05, 4.69) is 10.4 Å². The molecule has 1 aromatic heterocycles. The topological polar surface area (TPSA) is 67.2 Å². The van der Waals surface area contributed by atoms with Gasteiger partial charge in [0.05, 0.1) is 24.8 Å². The third-order valence-electron chi connectivity index (χ3n) is 3.54. The molecular formula is C15H16N4O2. The van der Waals surface area contributed by atoms with Gasteiger partial charge in [0.25, 0.3) is 5.91 Å². The van der Waals surface area contributed by atoms with E-state index in [0.717, 1.165) is 16.2 Å². The van der Waals surface area contributed by atoms with Gasteiger partial charge in [-0.05, 0) is 5.56 Å². The quantitative estimate of drug-likeness (QED) is 0.854. The highest BCUT2D eigenvalue weighted by molar-refractivity contribution is 6.06. The number of rotatable bonds is 4. The van der Waals surface area contributed by atoms with Crippen molar-refractivity contribution in [3.63, 3.8) is 0 Å². The fraction of sp³-hybridized carbons (Fsp3) is 0.267. The zero-order chi connectivity index (χ0) is 14.8. The molecule has 0 radical (unpaired) electrons.